The summed E-state index contributed by atoms with van der Waals surface area (Å²) in [7, 11) is 1.67. The van der Waals surface area contributed by atoms with E-state index in [4.69, 9.17) is 0 Å². The number of carbonyl (C=O) groups is 1. The largest absolute Gasteiger partial charge is 0.341 e. The second-order valence-corrected chi connectivity index (χ2v) is 6.26. The van der Waals surface area contributed by atoms with E-state index in [0.29, 0.717) is 11.3 Å². The number of amides is 1. The molecule has 122 valence electrons. The minimum Gasteiger partial charge on any atom is -0.341 e. The van der Waals surface area contributed by atoms with Gasteiger partial charge in [-0.15, -0.1) is 11.3 Å². The Labute approximate surface area is 143 Å². The van der Waals surface area contributed by atoms with E-state index in [1.807, 2.05) is 17.5 Å². The Balaban J connectivity index is 1.65. The average Bonchev–Trinajstić information content (AvgIpc) is 3.06. The van der Waals surface area contributed by atoms with Crippen LogP contribution in [0.15, 0.2) is 54.2 Å². The van der Waals surface area contributed by atoms with Gasteiger partial charge in [-0.05, 0) is 18.2 Å². The van der Waals surface area contributed by atoms with Gasteiger partial charge < -0.3 is 4.90 Å². The summed E-state index contributed by atoms with van der Waals surface area (Å²) in [6.07, 6.45) is 3.65. The highest BCUT2D eigenvalue weighted by Crippen LogP contribution is 2.23. The Morgan fingerprint density at radius 3 is 2.83 bits per heavy atom. The number of pyridine rings is 1. The number of aromatic nitrogens is 2. The van der Waals surface area contributed by atoms with Crippen molar-refractivity contribution < 1.29 is 9.18 Å². The highest BCUT2D eigenvalue weighted by Gasteiger charge is 2.14. The van der Waals surface area contributed by atoms with Crippen molar-refractivity contribution in [1.29, 1.82) is 0 Å². The maximum Gasteiger partial charge on any atom is 0.228 e. The molecule has 0 aliphatic rings. The fourth-order valence-corrected chi connectivity index (χ4v) is 3.08. The molecule has 0 unspecified atom stereocenters. The molecule has 4 nitrogen and oxygen atoms in total. The van der Waals surface area contributed by atoms with Crippen molar-refractivity contribution >= 4 is 17.2 Å². The normalized spacial score (nSPS) is 10.6. The van der Waals surface area contributed by atoms with Gasteiger partial charge in [0.2, 0.25) is 5.91 Å². The zero-order valence-electron chi connectivity index (χ0n) is 13.1. The van der Waals surface area contributed by atoms with E-state index in [2.05, 4.69) is 9.97 Å². The zero-order valence-corrected chi connectivity index (χ0v) is 14.0. The number of hydrogen-bond acceptors (Lipinski definition) is 4. The van der Waals surface area contributed by atoms with Crippen LogP contribution < -0.4 is 0 Å². The lowest BCUT2D eigenvalue weighted by atomic mass is 10.2. The maximum atomic E-state index is 13.7. The topological polar surface area (TPSA) is 46.1 Å². The van der Waals surface area contributed by atoms with Crippen molar-refractivity contribution in [3.63, 3.8) is 0 Å². The summed E-state index contributed by atoms with van der Waals surface area (Å²) >= 11 is 1.48. The molecular formula is C18H16FN3OS. The molecule has 2 heterocycles. The van der Waals surface area contributed by atoms with Gasteiger partial charge in [-0.3, -0.25) is 9.78 Å². The highest BCUT2D eigenvalue weighted by molar-refractivity contribution is 7.13. The first-order chi connectivity index (χ1) is 11.6. The Morgan fingerprint density at radius 2 is 2.08 bits per heavy atom. The second kappa shape index (κ2) is 7.31. The maximum absolute atomic E-state index is 13.7. The summed E-state index contributed by atoms with van der Waals surface area (Å²) in [6.45, 7) is 0.241. The molecule has 0 atom stereocenters. The molecule has 0 aliphatic carbocycles. The summed E-state index contributed by atoms with van der Waals surface area (Å²) in [5, 5.41) is 2.71. The van der Waals surface area contributed by atoms with Gasteiger partial charge in [0.05, 0.1) is 12.1 Å². The molecule has 1 amide bonds. The number of benzene rings is 1. The van der Waals surface area contributed by atoms with Crippen LogP contribution in [0.4, 0.5) is 4.39 Å². The third kappa shape index (κ3) is 3.83. The lowest BCUT2D eigenvalue weighted by Crippen LogP contribution is -2.28. The first-order valence-corrected chi connectivity index (χ1v) is 8.33. The molecule has 2 aromatic heterocycles. The van der Waals surface area contributed by atoms with Gasteiger partial charge in [-0.25, -0.2) is 9.37 Å². The Kier molecular flexibility index (Phi) is 4.96. The van der Waals surface area contributed by atoms with Crippen molar-refractivity contribution in [2.45, 2.75) is 13.0 Å². The average molecular weight is 341 g/mol. The fraction of sp³-hybridized carbons (Fsp3) is 0.167. The fourth-order valence-electron chi connectivity index (χ4n) is 2.27. The van der Waals surface area contributed by atoms with Crippen LogP contribution in [0, 0.1) is 5.82 Å². The molecule has 0 aliphatic heterocycles. The summed E-state index contributed by atoms with van der Waals surface area (Å²) in [6, 6.07) is 10.3. The van der Waals surface area contributed by atoms with Crippen molar-refractivity contribution in [2.75, 3.05) is 7.05 Å². The van der Waals surface area contributed by atoms with E-state index in [9.17, 15) is 9.18 Å². The van der Waals surface area contributed by atoms with E-state index in [1.165, 1.54) is 22.3 Å². The summed E-state index contributed by atoms with van der Waals surface area (Å²) < 4.78 is 13.7. The van der Waals surface area contributed by atoms with Crippen molar-refractivity contribution in [2.24, 2.45) is 0 Å². The van der Waals surface area contributed by atoms with Crippen LogP contribution in [0.1, 0.15) is 11.3 Å². The van der Waals surface area contributed by atoms with E-state index in [1.54, 1.807) is 37.6 Å². The molecule has 24 heavy (non-hydrogen) atoms. The molecule has 0 radical (unpaired) electrons. The van der Waals surface area contributed by atoms with Crippen LogP contribution >= 0.6 is 11.3 Å². The van der Waals surface area contributed by atoms with Gasteiger partial charge >= 0.3 is 0 Å². The molecule has 0 spiro atoms. The number of nitrogens with zero attached hydrogens (tertiary/aromatic N) is 3. The summed E-state index contributed by atoms with van der Waals surface area (Å²) in [4.78, 5) is 22.4. The van der Waals surface area contributed by atoms with Crippen LogP contribution in [0.3, 0.4) is 0 Å². The molecule has 1 aromatic carbocycles. The van der Waals surface area contributed by atoms with E-state index in [-0.39, 0.29) is 24.7 Å². The van der Waals surface area contributed by atoms with Gasteiger partial charge in [0, 0.05) is 42.5 Å². The Hall–Kier alpha value is -2.60. The van der Waals surface area contributed by atoms with E-state index < -0.39 is 0 Å². The Bertz CT molecular complexity index is 835. The molecular weight excluding hydrogens is 325 g/mol. The lowest BCUT2D eigenvalue weighted by Gasteiger charge is -2.17. The summed E-state index contributed by atoms with van der Waals surface area (Å²) in [5.74, 6) is -0.397. The standard InChI is InChI=1S/C18H16FN3OS/c1-22(11-14-5-2-3-7-16(14)19)17(23)9-15-12-24-18(21-15)13-6-4-8-20-10-13/h2-8,10,12H,9,11H2,1H3. The lowest BCUT2D eigenvalue weighted by molar-refractivity contribution is -0.129. The molecule has 3 aromatic rings. The number of rotatable bonds is 5. The predicted molar refractivity (Wildman–Crippen MR) is 91.9 cm³/mol. The number of likely N-dealkylation sites (N-methyl/N-ethyl adjacent to an activating group) is 1. The Morgan fingerprint density at radius 1 is 1.25 bits per heavy atom. The van der Waals surface area contributed by atoms with Gasteiger partial charge in [0.15, 0.2) is 0 Å². The zero-order chi connectivity index (χ0) is 16.9. The molecule has 3 rings (SSSR count). The second-order valence-electron chi connectivity index (χ2n) is 5.40. The molecule has 0 bridgehead atoms. The van der Waals surface area contributed by atoms with Gasteiger partial charge in [0.1, 0.15) is 10.8 Å². The number of hydrogen-bond donors (Lipinski definition) is 0. The van der Waals surface area contributed by atoms with Crippen LogP contribution in [0.2, 0.25) is 0 Å². The predicted octanol–water partition coefficient (Wildman–Crippen LogP) is 3.55. The number of halogens is 1. The third-order valence-corrected chi connectivity index (χ3v) is 4.52. The van der Waals surface area contributed by atoms with Crippen molar-refractivity contribution in [1.82, 2.24) is 14.9 Å². The van der Waals surface area contributed by atoms with Crippen molar-refractivity contribution in [3.8, 4) is 10.6 Å². The smallest absolute Gasteiger partial charge is 0.228 e. The minimum absolute atomic E-state index is 0.0960. The molecule has 0 saturated heterocycles. The van der Waals surface area contributed by atoms with E-state index in [0.717, 1.165) is 10.6 Å². The van der Waals surface area contributed by atoms with Crippen LogP contribution in [-0.4, -0.2) is 27.8 Å². The SMILES string of the molecule is CN(Cc1ccccc1F)C(=O)Cc1csc(-c2cccnc2)n1. The summed E-state index contributed by atoms with van der Waals surface area (Å²) in [5.41, 5.74) is 2.15. The van der Waals surface area contributed by atoms with Gasteiger partial charge in [-0.1, -0.05) is 18.2 Å². The van der Waals surface area contributed by atoms with Crippen LogP contribution in [0.25, 0.3) is 10.6 Å². The molecule has 6 heteroatoms. The molecule has 0 saturated carbocycles. The number of carbonyl (C=O) groups excluding carboxylic acids is 1. The van der Waals surface area contributed by atoms with Gasteiger partial charge in [0.25, 0.3) is 0 Å². The van der Waals surface area contributed by atoms with Crippen LogP contribution in [-0.2, 0) is 17.8 Å². The third-order valence-electron chi connectivity index (χ3n) is 3.58. The quantitative estimate of drug-likeness (QED) is 0.713. The molecule has 0 fully saturated rings. The number of thiazole rings is 1. The van der Waals surface area contributed by atoms with Gasteiger partial charge in [-0.2, -0.15) is 0 Å². The van der Waals surface area contributed by atoms with Crippen molar-refractivity contribution in [3.05, 3.63) is 71.2 Å². The van der Waals surface area contributed by atoms with Crippen LogP contribution in [0.5, 0.6) is 0 Å². The van der Waals surface area contributed by atoms with E-state index >= 15 is 0 Å². The first-order valence-electron chi connectivity index (χ1n) is 7.45. The molecule has 0 N–H and O–H groups in total. The first kappa shape index (κ1) is 16.3. The monoisotopic (exact) mass is 341 g/mol. The minimum atomic E-state index is -0.301. The highest BCUT2D eigenvalue weighted by atomic mass is 32.1.